The van der Waals surface area contributed by atoms with Gasteiger partial charge in [-0.25, -0.2) is 5.43 Å². The van der Waals surface area contributed by atoms with E-state index in [1.807, 2.05) is 24.3 Å². The zero-order valence-corrected chi connectivity index (χ0v) is 16.8. The summed E-state index contributed by atoms with van der Waals surface area (Å²) in [4.78, 5) is 11.8. The molecule has 0 radical (unpaired) electrons. The number of hydrogen-bond acceptors (Lipinski definition) is 4. The minimum Gasteiger partial charge on any atom is -0.506 e. The highest BCUT2D eigenvalue weighted by Gasteiger charge is 2.07. The van der Waals surface area contributed by atoms with Gasteiger partial charge in [-0.05, 0) is 58.1 Å². The third-order valence-corrected chi connectivity index (χ3v) is 4.70. The molecule has 2 rings (SSSR count). The van der Waals surface area contributed by atoms with E-state index >= 15 is 0 Å². The van der Waals surface area contributed by atoms with Gasteiger partial charge in [-0.2, -0.15) is 5.10 Å². The van der Waals surface area contributed by atoms with Crippen LogP contribution in [0.25, 0.3) is 0 Å². The van der Waals surface area contributed by atoms with Gasteiger partial charge in [0, 0.05) is 10.6 Å². The van der Waals surface area contributed by atoms with Gasteiger partial charge in [-0.3, -0.25) is 4.79 Å². The number of ether oxygens (including phenoxy) is 1. The van der Waals surface area contributed by atoms with E-state index in [2.05, 4.69) is 40.3 Å². The number of carbonyl (C=O) groups excluding carboxylic acids is 1. The van der Waals surface area contributed by atoms with Crippen molar-refractivity contribution in [1.82, 2.24) is 5.43 Å². The summed E-state index contributed by atoms with van der Waals surface area (Å²) < 4.78 is 5.88. The first-order chi connectivity index (χ1) is 12.4. The first-order valence-corrected chi connectivity index (χ1v) is 9.30. The molecule has 0 bridgehead atoms. The lowest BCUT2D eigenvalue weighted by atomic mass is 9.99. The van der Waals surface area contributed by atoms with Gasteiger partial charge in [0.2, 0.25) is 0 Å². The second-order valence-corrected chi connectivity index (χ2v) is 7.08. The smallest absolute Gasteiger partial charge is 0.277 e. The summed E-state index contributed by atoms with van der Waals surface area (Å²) in [5.74, 6) is 0.690. The summed E-state index contributed by atoms with van der Waals surface area (Å²) in [6.45, 7) is 4.14. The van der Waals surface area contributed by atoms with Crippen molar-refractivity contribution in [2.45, 2.75) is 26.2 Å². The van der Waals surface area contributed by atoms with Crippen molar-refractivity contribution in [3.63, 3.8) is 0 Å². The van der Waals surface area contributed by atoms with Crippen LogP contribution in [-0.2, 0) is 4.79 Å². The Morgan fingerprint density at radius 2 is 2.08 bits per heavy atom. The molecule has 0 fully saturated rings. The zero-order valence-electron chi connectivity index (χ0n) is 14.5. The molecule has 0 aliphatic carbocycles. The van der Waals surface area contributed by atoms with Crippen LogP contribution in [0.15, 0.2) is 46.0 Å². The highest BCUT2D eigenvalue weighted by atomic mass is 79.9. The van der Waals surface area contributed by atoms with Crippen molar-refractivity contribution in [2.24, 2.45) is 5.10 Å². The predicted octanol–water partition coefficient (Wildman–Crippen LogP) is 4.85. The monoisotopic (exact) mass is 438 g/mol. The topological polar surface area (TPSA) is 70.9 Å². The largest absolute Gasteiger partial charge is 0.506 e. The number of hydrazone groups is 1. The van der Waals surface area contributed by atoms with Crippen LogP contribution in [0, 0.1) is 0 Å². The average Bonchev–Trinajstić information content (AvgIpc) is 2.63. The highest BCUT2D eigenvalue weighted by Crippen LogP contribution is 2.30. The number of hydrogen-bond donors (Lipinski definition) is 2. The summed E-state index contributed by atoms with van der Waals surface area (Å²) in [7, 11) is 0. The van der Waals surface area contributed by atoms with E-state index in [4.69, 9.17) is 16.3 Å². The number of phenols is 1. The Hall–Kier alpha value is -2.05. The van der Waals surface area contributed by atoms with Gasteiger partial charge in [0.15, 0.2) is 6.61 Å². The maximum atomic E-state index is 11.8. The van der Waals surface area contributed by atoms with Crippen LogP contribution in [0.4, 0.5) is 0 Å². The van der Waals surface area contributed by atoms with E-state index < -0.39 is 5.91 Å². The fourth-order valence-electron chi connectivity index (χ4n) is 2.17. The first kappa shape index (κ1) is 20.3. The molecule has 1 atom stereocenters. The molecule has 0 saturated carbocycles. The summed E-state index contributed by atoms with van der Waals surface area (Å²) in [6, 6.07) is 10.8. The van der Waals surface area contributed by atoms with Gasteiger partial charge < -0.3 is 9.84 Å². The molecule has 2 N–H and O–H groups in total. The van der Waals surface area contributed by atoms with Gasteiger partial charge in [-0.15, -0.1) is 0 Å². The number of aromatic hydroxyl groups is 1. The Kier molecular flexibility index (Phi) is 7.48. The molecular weight excluding hydrogens is 420 g/mol. The van der Waals surface area contributed by atoms with E-state index in [0.29, 0.717) is 26.7 Å². The van der Waals surface area contributed by atoms with Gasteiger partial charge in [0.25, 0.3) is 5.91 Å². The number of nitrogens with one attached hydrogen (secondary N) is 1. The van der Waals surface area contributed by atoms with E-state index in [-0.39, 0.29) is 12.4 Å². The Morgan fingerprint density at radius 3 is 2.73 bits per heavy atom. The number of halogens is 2. The fourth-order valence-corrected chi connectivity index (χ4v) is 3.00. The standard InChI is InChI=1S/C19H20BrClN2O3/c1-3-12(2)13-4-6-16(7-5-13)26-11-18(24)23-22-10-14-8-15(21)9-17(20)19(14)25/h4-10,12,25H,3,11H2,1-2H3,(H,23,24). The van der Waals surface area contributed by atoms with Gasteiger partial charge >= 0.3 is 0 Å². The molecule has 0 aliphatic heterocycles. The molecular formula is C19H20BrClN2O3. The summed E-state index contributed by atoms with van der Waals surface area (Å²) in [6.07, 6.45) is 2.38. The minimum absolute atomic E-state index is 0.00922. The molecule has 2 aromatic carbocycles. The minimum atomic E-state index is -0.409. The average molecular weight is 440 g/mol. The molecule has 0 heterocycles. The summed E-state index contributed by atoms with van der Waals surface area (Å²) >= 11 is 9.09. The number of rotatable bonds is 7. The van der Waals surface area contributed by atoms with E-state index in [1.165, 1.54) is 17.8 Å². The fraction of sp³-hybridized carbons (Fsp3) is 0.263. The van der Waals surface area contributed by atoms with Crippen LogP contribution in [0.3, 0.4) is 0 Å². The molecule has 1 amide bonds. The number of phenolic OH excluding ortho intramolecular Hbond substituents is 1. The van der Waals surface area contributed by atoms with Crippen molar-refractivity contribution >= 4 is 39.7 Å². The molecule has 26 heavy (non-hydrogen) atoms. The number of benzene rings is 2. The number of nitrogens with zero attached hydrogens (tertiary/aromatic N) is 1. The van der Waals surface area contributed by atoms with Gasteiger partial charge in [0.05, 0.1) is 10.7 Å². The van der Waals surface area contributed by atoms with Crippen molar-refractivity contribution < 1.29 is 14.6 Å². The first-order valence-electron chi connectivity index (χ1n) is 8.13. The zero-order chi connectivity index (χ0) is 19.1. The normalized spacial score (nSPS) is 12.2. The highest BCUT2D eigenvalue weighted by molar-refractivity contribution is 9.10. The van der Waals surface area contributed by atoms with E-state index in [1.54, 1.807) is 6.07 Å². The lowest BCUT2D eigenvalue weighted by Crippen LogP contribution is -2.24. The van der Waals surface area contributed by atoms with Crippen LogP contribution >= 0.6 is 27.5 Å². The summed E-state index contributed by atoms with van der Waals surface area (Å²) in [5, 5.41) is 14.1. The van der Waals surface area contributed by atoms with Crippen LogP contribution in [0.1, 0.15) is 37.3 Å². The molecule has 7 heteroatoms. The van der Waals surface area contributed by atoms with Crippen LogP contribution < -0.4 is 10.2 Å². The quantitative estimate of drug-likeness (QED) is 0.478. The van der Waals surface area contributed by atoms with E-state index in [9.17, 15) is 9.90 Å². The Balaban J connectivity index is 1.86. The van der Waals surface area contributed by atoms with Crippen molar-refractivity contribution in [3.8, 4) is 11.5 Å². The van der Waals surface area contributed by atoms with Crippen LogP contribution in [-0.4, -0.2) is 23.8 Å². The molecule has 0 saturated heterocycles. The molecule has 5 nitrogen and oxygen atoms in total. The maximum Gasteiger partial charge on any atom is 0.277 e. The third kappa shape index (κ3) is 5.75. The second kappa shape index (κ2) is 9.59. The predicted molar refractivity (Wildman–Crippen MR) is 107 cm³/mol. The molecule has 2 aromatic rings. The molecule has 0 spiro atoms. The Morgan fingerprint density at radius 1 is 1.38 bits per heavy atom. The number of carbonyl (C=O) groups is 1. The third-order valence-electron chi connectivity index (χ3n) is 3.88. The molecule has 138 valence electrons. The van der Waals surface area contributed by atoms with Gasteiger partial charge in [0.1, 0.15) is 11.5 Å². The van der Waals surface area contributed by atoms with Crippen LogP contribution in [0.5, 0.6) is 11.5 Å². The Labute approximate surface area is 166 Å². The summed E-state index contributed by atoms with van der Waals surface area (Å²) in [5.41, 5.74) is 3.96. The van der Waals surface area contributed by atoms with Crippen molar-refractivity contribution in [2.75, 3.05) is 6.61 Å². The van der Waals surface area contributed by atoms with Crippen molar-refractivity contribution in [1.29, 1.82) is 0 Å². The maximum absolute atomic E-state index is 11.8. The lowest BCUT2D eigenvalue weighted by Gasteiger charge is -2.10. The van der Waals surface area contributed by atoms with Crippen molar-refractivity contribution in [3.05, 3.63) is 57.0 Å². The molecule has 0 aliphatic rings. The van der Waals surface area contributed by atoms with Crippen LogP contribution in [0.2, 0.25) is 5.02 Å². The Bertz CT molecular complexity index is 794. The number of amides is 1. The lowest BCUT2D eigenvalue weighted by molar-refractivity contribution is -0.123. The van der Waals surface area contributed by atoms with Gasteiger partial charge in [-0.1, -0.05) is 37.6 Å². The SMILES string of the molecule is CCC(C)c1ccc(OCC(=O)NN=Cc2cc(Cl)cc(Br)c2O)cc1. The van der Waals surface area contributed by atoms with E-state index in [0.717, 1.165) is 6.42 Å². The second-order valence-electron chi connectivity index (χ2n) is 5.79. The molecule has 1 unspecified atom stereocenters. The molecule has 0 aromatic heterocycles.